The van der Waals surface area contributed by atoms with Crippen LogP contribution in [0.4, 0.5) is 0 Å². The molecule has 2 atom stereocenters. The molecule has 1 aromatic heterocycles. The van der Waals surface area contributed by atoms with Gasteiger partial charge in [-0.15, -0.1) is 0 Å². The molecule has 2 bridgehead atoms. The van der Waals surface area contributed by atoms with Crippen LogP contribution in [0.5, 0.6) is 0 Å². The molecule has 0 amide bonds. The number of halogens is 1. The first-order valence-electron chi connectivity index (χ1n) is 8.50. The van der Waals surface area contributed by atoms with Crippen molar-refractivity contribution in [1.29, 1.82) is 0 Å². The summed E-state index contributed by atoms with van der Waals surface area (Å²) in [6, 6.07) is 4.84. The fraction of sp³-hybridized carbons (Fsp3) is 0.667. The smallest absolute Gasteiger partial charge is 0.332 e. The maximum Gasteiger partial charge on any atom is 0.332 e. The van der Waals surface area contributed by atoms with Crippen LogP contribution in [-0.4, -0.2) is 35.2 Å². The number of nitrogens with zero attached hydrogens (tertiary/aromatic N) is 1. The molecule has 2 unspecified atom stereocenters. The molecular weight excluding hydrogens is 372 g/mol. The predicted molar refractivity (Wildman–Crippen MR) is 94.6 cm³/mol. The van der Waals surface area contributed by atoms with E-state index in [4.69, 9.17) is 9.47 Å². The Morgan fingerprint density at radius 1 is 1.33 bits per heavy atom. The summed E-state index contributed by atoms with van der Waals surface area (Å²) >= 11 is 3.38. The van der Waals surface area contributed by atoms with Crippen molar-refractivity contribution in [3.05, 3.63) is 28.5 Å². The number of esters is 1. The summed E-state index contributed by atoms with van der Waals surface area (Å²) in [5.41, 5.74) is 0.0642. The van der Waals surface area contributed by atoms with Gasteiger partial charge in [-0.25, -0.2) is 9.78 Å². The molecule has 2 saturated heterocycles. The van der Waals surface area contributed by atoms with Crippen LogP contribution in [0.2, 0.25) is 0 Å². The lowest BCUT2D eigenvalue weighted by atomic mass is 9.82. The van der Waals surface area contributed by atoms with Crippen molar-refractivity contribution in [2.24, 2.45) is 0 Å². The van der Waals surface area contributed by atoms with E-state index >= 15 is 0 Å². The van der Waals surface area contributed by atoms with Crippen LogP contribution in [0.25, 0.3) is 0 Å². The summed E-state index contributed by atoms with van der Waals surface area (Å²) in [5.74, 6) is -0.321. The summed E-state index contributed by atoms with van der Waals surface area (Å²) in [4.78, 5) is 16.5. The first-order chi connectivity index (χ1) is 11.3. The van der Waals surface area contributed by atoms with E-state index in [2.05, 4.69) is 26.2 Å². The zero-order valence-corrected chi connectivity index (χ0v) is 16.1. The third-order valence-corrected chi connectivity index (χ3v) is 5.10. The number of piperidine rings is 1. The quantitative estimate of drug-likeness (QED) is 0.624. The first kappa shape index (κ1) is 17.8. The summed E-state index contributed by atoms with van der Waals surface area (Å²) in [6.45, 7) is 5.56. The van der Waals surface area contributed by atoms with Gasteiger partial charge in [-0.2, -0.15) is 0 Å². The first-order valence-corrected chi connectivity index (χ1v) is 9.29. The van der Waals surface area contributed by atoms with Crippen LogP contribution >= 0.6 is 15.9 Å². The fourth-order valence-corrected chi connectivity index (χ4v) is 3.99. The number of hydrogen-bond acceptors (Lipinski definition) is 5. The van der Waals surface area contributed by atoms with Crippen molar-refractivity contribution in [1.82, 2.24) is 10.3 Å². The molecule has 5 nitrogen and oxygen atoms in total. The Hall–Kier alpha value is -0.980. The normalized spacial score (nSPS) is 29.5. The van der Waals surface area contributed by atoms with Crippen molar-refractivity contribution in [3.8, 4) is 0 Å². The Kier molecular flexibility index (Phi) is 5.00. The SMILES string of the molecule is CC(C)(C)OC(=O)COC1(c2ccc(Br)nc2)CC2CCC(C1)N2. The Morgan fingerprint density at radius 2 is 2.00 bits per heavy atom. The Bertz CT molecular complexity index is 585. The highest BCUT2D eigenvalue weighted by molar-refractivity contribution is 9.10. The van der Waals surface area contributed by atoms with E-state index in [0.717, 1.165) is 35.8 Å². The highest BCUT2D eigenvalue weighted by Crippen LogP contribution is 2.43. The largest absolute Gasteiger partial charge is 0.458 e. The molecule has 1 N–H and O–H groups in total. The van der Waals surface area contributed by atoms with Crippen molar-refractivity contribution >= 4 is 21.9 Å². The fourth-order valence-electron chi connectivity index (χ4n) is 3.75. The van der Waals surface area contributed by atoms with Gasteiger partial charge >= 0.3 is 5.97 Å². The van der Waals surface area contributed by atoms with Crippen LogP contribution in [0.1, 0.15) is 52.0 Å². The second kappa shape index (κ2) is 6.73. The van der Waals surface area contributed by atoms with Gasteiger partial charge in [0.15, 0.2) is 0 Å². The molecule has 2 fully saturated rings. The zero-order chi connectivity index (χ0) is 17.4. The van der Waals surface area contributed by atoms with Crippen LogP contribution in [0.15, 0.2) is 22.9 Å². The number of rotatable bonds is 4. The van der Waals surface area contributed by atoms with E-state index in [1.165, 1.54) is 0 Å². The number of nitrogens with one attached hydrogen (secondary N) is 1. The Morgan fingerprint density at radius 3 is 2.54 bits per heavy atom. The summed E-state index contributed by atoms with van der Waals surface area (Å²) in [7, 11) is 0. The standard InChI is InChI=1S/C18H25BrN2O3/c1-17(2,3)24-16(22)11-23-18(12-4-7-15(19)20-10-12)8-13-5-6-14(9-18)21-13/h4,7,10,13-14,21H,5-6,8-9,11H2,1-3H3. The van der Waals surface area contributed by atoms with Gasteiger partial charge in [0, 0.05) is 23.8 Å². The Labute approximate surface area is 151 Å². The average Bonchev–Trinajstić information content (AvgIpc) is 2.83. The average molecular weight is 397 g/mol. The minimum atomic E-state index is -0.500. The molecular formula is C18H25BrN2O3. The number of fused-ring (bicyclic) bond motifs is 2. The van der Waals surface area contributed by atoms with E-state index < -0.39 is 11.2 Å². The van der Waals surface area contributed by atoms with Gasteiger partial charge in [0.1, 0.15) is 16.8 Å². The van der Waals surface area contributed by atoms with E-state index in [1.807, 2.05) is 39.1 Å². The highest BCUT2D eigenvalue weighted by Gasteiger charge is 2.46. The number of aromatic nitrogens is 1. The van der Waals surface area contributed by atoms with Crippen molar-refractivity contribution < 1.29 is 14.3 Å². The molecule has 2 aliphatic heterocycles. The summed E-state index contributed by atoms with van der Waals surface area (Å²) < 4.78 is 12.4. The molecule has 0 radical (unpaired) electrons. The maximum atomic E-state index is 12.1. The third kappa shape index (κ3) is 4.16. The molecule has 0 spiro atoms. The lowest BCUT2D eigenvalue weighted by Crippen LogP contribution is -2.49. The zero-order valence-electron chi connectivity index (χ0n) is 14.5. The van der Waals surface area contributed by atoms with E-state index in [1.54, 1.807) is 0 Å². The molecule has 1 aromatic rings. The van der Waals surface area contributed by atoms with Gasteiger partial charge in [-0.3, -0.25) is 0 Å². The second-order valence-electron chi connectivity index (χ2n) is 7.79. The third-order valence-electron chi connectivity index (χ3n) is 4.63. The van der Waals surface area contributed by atoms with Crippen molar-refractivity contribution in [3.63, 3.8) is 0 Å². The molecule has 0 aliphatic carbocycles. The molecule has 2 aliphatic rings. The number of carbonyl (C=O) groups excluding carboxylic acids is 1. The van der Waals surface area contributed by atoms with Crippen molar-refractivity contribution in [2.45, 2.75) is 69.7 Å². The number of carbonyl (C=O) groups is 1. The summed E-state index contributed by atoms with van der Waals surface area (Å²) in [5, 5.41) is 3.63. The molecule has 3 heterocycles. The van der Waals surface area contributed by atoms with Gasteiger partial charge in [0.2, 0.25) is 0 Å². The Balaban J connectivity index is 1.78. The van der Waals surface area contributed by atoms with E-state index in [-0.39, 0.29) is 12.6 Å². The van der Waals surface area contributed by atoms with Crippen LogP contribution in [0, 0.1) is 0 Å². The molecule has 6 heteroatoms. The molecule has 24 heavy (non-hydrogen) atoms. The molecule has 0 saturated carbocycles. The number of pyridine rings is 1. The van der Waals surface area contributed by atoms with Crippen LogP contribution in [0.3, 0.4) is 0 Å². The molecule has 3 rings (SSSR count). The van der Waals surface area contributed by atoms with E-state index in [9.17, 15) is 4.79 Å². The molecule has 132 valence electrons. The van der Waals surface area contributed by atoms with Gasteiger partial charge in [-0.1, -0.05) is 6.07 Å². The monoisotopic (exact) mass is 396 g/mol. The lowest BCUT2D eigenvalue weighted by molar-refractivity contribution is -0.171. The topological polar surface area (TPSA) is 60.5 Å². The van der Waals surface area contributed by atoms with Gasteiger partial charge < -0.3 is 14.8 Å². The second-order valence-corrected chi connectivity index (χ2v) is 8.60. The summed E-state index contributed by atoms with van der Waals surface area (Å²) in [6.07, 6.45) is 5.88. The highest BCUT2D eigenvalue weighted by atomic mass is 79.9. The predicted octanol–water partition coefficient (Wildman–Crippen LogP) is 3.31. The van der Waals surface area contributed by atoms with E-state index in [0.29, 0.717) is 12.1 Å². The van der Waals surface area contributed by atoms with Crippen LogP contribution in [-0.2, 0) is 19.9 Å². The van der Waals surface area contributed by atoms with Gasteiger partial charge in [0.25, 0.3) is 0 Å². The minimum absolute atomic E-state index is 0.0349. The number of hydrogen-bond donors (Lipinski definition) is 1. The number of ether oxygens (including phenoxy) is 2. The molecule has 0 aromatic carbocycles. The minimum Gasteiger partial charge on any atom is -0.458 e. The lowest BCUT2D eigenvalue weighted by Gasteiger charge is -2.41. The van der Waals surface area contributed by atoms with Crippen molar-refractivity contribution in [2.75, 3.05) is 6.61 Å². The van der Waals surface area contributed by atoms with Crippen LogP contribution < -0.4 is 5.32 Å². The maximum absolute atomic E-state index is 12.1. The van der Waals surface area contributed by atoms with Gasteiger partial charge in [0.05, 0.1) is 5.60 Å². The van der Waals surface area contributed by atoms with Gasteiger partial charge in [-0.05, 0) is 68.5 Å².